The zero-order chi connectivity index (χ0) is 15.5. The molecule has 0 saturated heterocycles. The molecular formula is C17H32N4. The van der Waals surface area contributed by atoms with Gasteiger partial charge in [-0.1, -0.05) is 27.7 Å². The van der Waals surface area contributed by atoms with Crippen LogP contribution in [-0.2, 0) is 13.0 Å². The van der Waals surface area contributed by atoms with E-state index in [-0.39, 0.29) is 0 Å². The van der Waals surface area contributed by atoms with Crippen molar-refractivity contribution in [2.75, 3.05) is 6.54 Å². The fourth-order valence-electron chi connectivity index (χ4n) is 3.75. The fourth-order valence-corrected chi connectivity index (χ4v) is 3.75. The molecule has 0 aromatic carbocycles. The molecule has 4 nitrogen and oxygen atoms in total. The Kier molecular flexibility index (Phi) is 5.42. The van der Waals surface area contributed by atoms with Gasteiger partial charge in [0.05, 0.1) is 0 Å². The second-order valence-electron chi connectivity index (χ2n) is 7.74. The number of nitrogens with two attached hydrogens (primary N) is 1. The predicted octanol–water partition coefficient (Wildman–Crippen LogP) is 3.27. The van der Waals surface area contributed by atoms with Crippen molar-refractivity contribution in [2.24, 2.45) is 28.9 Å². The summed E-state index contributed by atoms with van der Waals surface area (Å²) in [6.45, 7) is 11.1. The Balaban J connectivity index is 2.08. The lowest BCUT2D eigenvalue weighted by atomic mass is 9.65. The van der Waals surface area contributed by atoms with Gasteiger partial charge in [0.2, 0.25) is 0 Å². The Morgan fingerprint density at radius 2 is 2.05 bits per heavy atom. The summed E-state index contributed by atoms with van der Waals surface area (Å²) in [4.78, 5) is 4.50. The highest BCUT2D eigenvalue weighted by Crippen LogP contribution is 2.43. The molecular weight excluding hydrogens is 260 g/mol. The molecule has 1 saturated carbocycles. The minimum absolute atomic E-state index is 0.398. The van der Waals surface area contributed by atoms with Crippen molar-refractivity contribution in [3.05, 3.63) is 12.2 Å². The van der Waals surface area contributed by atoms with Gasteiger partial charge in [-0.2, -0.15) is 5.10 Å². The average Bonchev–Trinajstić information content (AvgIpc) is 2.85. The summed E-state index contributed by atoms with van der Waals surface area (Å²) in [5, 5.41) is 4.36. The number of hydrogen-bond acceptors (Lipinski definition) is 3. The summed E-state index contributed by atoms with van der Waals surface area (Å²) < 4.78 is 2.08. The third-order valence-corrected chi connectivity index (χ3v) is 5.24. The van der Waals surface area contributed by atoms with Crippen LogP contribution in [0.2, 0.25) is 0 Å². The number of aromatic nitrogens is 3. The van der Waals surface area contributed by atoms with Gasteiger partial charge in [0.25, 0.3) is 0 Å². The van der Waals surface area contributed by atoms with Crippen molar-refractivity contribution in [3.63, 3.8) is 0 Å². The van der Waals surface area contributed by atoms with Crippen LogP contribution in [0.15, 0.2) is 6.33 Å². The predicted molar refractivity (Wildman–Crippen MR) is 86.8 cm³/mol. The Hall–Kier alpha value is -0.900. The molecule has 3 unspecified atom stereocenters. The lowest BCUT2D eigenvalue weighted by molar-refractivity contribution is 0.0994. The van der Waals surface area contributed by atoms with E-state index in [4.69, 9.17) is 5.73 Å². The van der Waals surface area contributed by atoms with Gasteiger partial charge in [0.15, 0.2) is 0 Å². The van der Waals surface area contributed by atoms with E-state index >= 15 is 0 Å². The maximum absolute atomic E-state index is 6.03. The van der Waals surface area contributed by atoms with Gasteiger partial charge in [-0.05, 0) is 55.4 Å². The zero-order valence-corrected chi connectivity index (χ0v) is 14.2. The first-order valence-electron chi connectivity index (χ1n) is 8.52. The van der Waals surface area contributed by atoms with E-state index in [9.17, 15) is 0 Å². The zero-order valence-electron chi connectivity index (χ0n) is 14.2. The highest BCUT2D eigenvalue weighted by atomic mass is 15.3. The van der Waals surface area contributed by atoms with Crippen LogP contribution in [-0.4, -0.2) is 21.3 Å². The largest absolute Gasteiger partial charge is 0.330 e. The van der Waals surface area contributed by atoms with Crippen molar-refractivity contribution >= 4 is 0 Å². The lowest BCUT2D eigenvalue weighted by Crippen LogP contribution is -2.36. The van der Waals surface area contributed by atoms with E-state index in [0.29, 0.717) is 17.3 Å². The summed E-state index contributed by atoms with van der Waals surface area (Å²) in [5.41, 5.74) is 6.43. The van der Waals surface area contributed by atoms with Crippen molar-refractivity contribution in [2.45, 2.75) is 66.3 Å². The van der Waals surface area contributed by atoms with Crippen molar-refractivity contribution in [1.82, 2.24) is 14.8 Å². The van der Waals surface area contributed by atoms with Crippen LogP contribution in [0, 0.1) is 23.2 Å². The van der Waals surface area contributed by atoms with Gasteiger partial charge in [-0.3, -0.25) is 4.68 Å². The van der Waals surface area contributed by atoms with E-state index in [2.05, 4.69) is 42.5 Å². The maximum atomic E-state index is 6.03. The van der Waals surface area contributed by atoms with E-state index in [1.807, 2.05) is 0 Å². The molecule has 0 aliphatic heterocycles. The molecule has 120 valence electrons. The molecule has 0 spiro atoms. The number of nitrogens with zero attached hydrogens (tertiary/aromatic N) is 3. The molecule has 0 radical (unpaired) electrons. The van der Waals surface area contributed by atoms with Gasteiger partial charge >= 0.3 is 0 Å². The van der Waals surface area contributed by atoms with Crippen LogP contribution < -0.4 is 5.73 Å². The highest BCUT2D eigenvalue weighted by molar-refractivity contribution is 4.94. The summed E-state index contributed by atoms with van der Waals surface area (Å²) in [6, 6.07) is 0. The Morgan fingerprint density at radius 3 is 2.67 bits per heavy atom. The van der Waals surface area contributed by atoms with Crippen molar-refractivity contribution < 1.29 is 0 Å². The van der Waals surface area contributed by atoms with Crippen molar-refractivity contribution in [1.29, 1.82) is 0 Å². The van der Waals surface area contributed by atoms with Gasteiger partial charge in [-0.25, -0.2) is 4.98 Å². The lowest BCUT2D eigenvalue weighted by Gasteiger charge is -2.41. The molecule has 1 aromatic rings. The monoisotopic (exact) mass is 292 g/mol. The summed E-state index contributed by atoms with van der Waals surface area (Å²) in [7, 11) is 0. The Labute approximate surface area is 129 Å². The first kappa shape index (κ1) is 16.5. The number of rotatable bonds is 5. The van der Waals surface area contributed by atoms with Gasteiger partial charge in [0.1, 0.15) is 12.2 Å². The minimum atomic E-state index is 0.398. The molecule has 2 N–H and O–H groups in total. The Bertz CT molecular complexity index is 432. The second kappa shape index (κ2) is 6.91. The van der Waals surface area contributed by atoms with Crippen molar-refractivity contribution in [3.8, 4) is 0 Å². The third kappa shape index (κ3) is 4.06. The summed E-state index contributed by atoms with van der Waals surface area (Å²) >= 11 is 0. The molecule has 1 aromatic heterocycles. The molecule has 3 atom stereocenters. The molecule has 1 heterocycles. The van der Waals surface area contributed by atoms with Crippen LogP contribution in [0.25, 0.3) is 0 Å². The smallest absolute Gasteiger partial charge is 0.138 e. The molecule has 2 rings (SSSR count). The van der Waals surface area contributed by atoms with E-state index in [0.717, 1.165) is 37.7 Å². The molecule has 21 heavy (non-hydrogen) atoms. The van der Waals surface area contributed by atoms with Crippen LogP contribution in [0.5, 0.6) is 0 Å². The number of aryl methyl sites for hydroxylation is 1. The van der Waals surface area contributed by atoms with Gasteiger partial charge in [0, 0.05) is 13.0 Å². The topological polar surface area (TPSA) is 56.7 Å². The van der Waals surface area contributed by atoms with Crippen LogP contribution >= 0.6 is 0 Å². The third-order valence-electron chi connectivity index (χ3n) is 5.24. The molecule has 0 amide bonds. The molecule has 1 fully saturated rings. The molecule has 1 aliphatic rings. The van der Waals surface area contributed by atoms with Gasteiger partial charge < -0.3 is 5.73 Å². The molecule has 4 heteroatoms. The SMILES string of the molecule is CCCn1ncnc1CC1CC(C(C)(C)C)CCC1CN. The highest BCUT2D eigenvalue weighted by Gasteiger charge is 2.35. The van der Waals surface area contributed by atoms with E-state index in [1.54, 1.807) is 6.33 Å². The summed E-state index contributed by atoms with van der Waals surface area (Å²) in [6.07, 6.45) is 7.71. The standard InChI is InChI=1S/C17H32N4/c1-5-8-21-16(19-12-20-21)10-14-9-15(17(2,3)4)7-6-13(14)11-18/h12-15H,5-11,18H2,1-4H3. The fraction of sp³-hybridized carbons (Fsp3) is 0.882. The van der Waals surface area contributed by atoms with E-state index < -0.39 is 0 Å². The normalized spacial score (nSPS) is 27.0. The maximum Gasteiger partial charge on any atom is 0.138 e. The summed E-state index contributed by atoms with van der Waals surface area (Å²) in [5.74, 6) is 3.26. The Morgan fingerprint density at radius 1 is 1.29 bits per heavy atom. The van der Waals surface area contributed by atoms with E-state index in [1.165, 1.54) is 19.3 Å². The quantitative estimate of drug-likeness (QED) is 0.906. The minimum Gasteiger partial charge on any atom is -0.330 e. The second-order valence-corrected chi connectivity index (χ2v) is 7.74. The van der Waals surface area contributed by atoms with Crippen LogP contribution in [0.4, 0.5) is 0 Å². The number of hydrogen-bond donors (Lipinski definition) is 1. The first-order chi connectivity index (χ1) is 9.95. The molecule has 0 bridgehead atoms. The first-order valence-corrected chi connectivity index (χ1v) is 8.52. The van der Waals surface area contributed by atoms with Crippen LogP contribution in [0.3, 0.4) is 0 Å². The van der Waals surface area contributed by atoms with Crippen LogP contribution in [0.1, 0.15) is 59.2 Å². The van der Waals surface area contributed by atoms with Gasteiger partial charge in [-0.15, -0.1) is 0 Å². The average molecular weight is 292 g/mol. The molecule has 1 aliphatic carbocycles.